The summed E-state index contributed by atoms with van der Waals surface area (Å²) < 4.78 is 14.9. The molecule has 0 saturated carbocycles. The minimum Gasteiger partial charge on any atom is -0.444 e. The summed E-state index contributed by atoms with van der Waals surface area (Å²) in [4.78, 5) is 48.3. The number of amides is 1. The van der Waals surface area contributed by atoms with Crippen LogP contribution in [0.15, 0.2) is 0 Å². The van der Waals surface area contributed by atoms with E-state index in [-0.39, 0.29) is 12.2 Å². The first-order valence-corrected chi connectivity index (χ1v) is 8.80. The molecule has 8 heteroatoms. The molecular weight excluding hydrogens is 354 g/mol. The molecule has 0 fully saturated rings. The molecule has 0 saturated heterocycles. The van der Waals surface area contributed by atoms with E-state index in [0.29, 0.717) is 0 Å². The highest BCUT2D eigenvalue weighted by atomic mass is 16.7. The number of ether oxygens (including phenoxy) is 3. The maximum atomic E-state index is 12.3. The molecule has 0 aromatic carbocycles. The van der Waals surface area contributed by atoms with Crippen LogP contribution >= 0.6 is 0 Å². The van der Waals surface area contributed by atoms with E-state index in [9.17, 15) is 19.2 Å². The van der Waals surface area contributed by atoms with Crippen LogP contribution in [-0.4, -0.2) is 42.3 Å². The molecule has 0 aliphatic rings. The third-order valence-electron chi connectivity index (χ3n) is 3.21. The third-order valence-corrected chi connectivity index (χ3v) is 3.21. The van der Waals surface area contributed by atoms with Gasteiger partial charge in [-0.3, -0.25) is 9.59 Å². The standard InChI is InChI=1S/C19H33NO7/c1-17(2,3)13(21)10-12(20-16(24)27-19(7,8)9)14(22)25-11-26-15(23)18(4,5)6/h12H,10-11H2,1-9H3,(H,20,24). The lowest BCUT2D eigenvalue weighted by Crippen LogP contribution is -2.46. The van der Waals surface area contributed by atoms with Crippen molar-refractivity contribution in [3.05, 3.63) is 0 Å². The Morgan fingerprint density at radius 3 is 1.74 bits per heavy atom. The topological polar surface area (TPSA) is 108 Å². The minimum atomic E-state index is -1.25. The molecule has 8 nitrogen and oxygen atoms in total. The smallest absolute Gasteiger partial charge is 0.408 e. The van der Waals surface area contributed by atoms with Crippen molar-refractivity contribution in [2.75, 3.05) is 6.79 Å². The second-order valence-corrected chi connectivity index (χ2v) is 9.34. The highest BCUT2D eigenvalue weighted by Crippen LogP contribution is 2.19. The van der Waals surface area contributed by atoms with E-state index < -0.39 is 47.3 Å². The average molecular weight is 387 g/mol. The van der Waals surface area contributed by atoms with Crippen molar-refractivity contribution in [3.63, 3.8) is 0 Å². The molecule has 1 atom stereocenters. The van der Waals surface area contributed by atoms with E-state index in [1.165, 1.54) is 0 Å². The van der Waals surface area contributed by atoms with E-state index in [1.54, 1.807) is 62.3 Å². The summed E-state index contributed by atoms with van der Waals surface area (Å²) >= 11 is 0. The van der Waals surface area contributed by atoms with Crippen molar-refractivity contribution in [2.24, 2.45) is 10.8 Å². The lowest BCUT2D eigenvalue weighted by atomic mass is 9.87. The molecule has 156 valence electrons. The van der Waals surface area contributed by atoms with Crippen LogP contribution in [0.2, 0.25) is 0 Å². The van der Waals surface area contributed by atoms with E-state index in [4.69, 9.17) is 14.2 Å². The van der Waals surface area contributed by atoms with Crippen LogP contribution in [0.1, 0.15) is 68.7 Å². The van der Waals surface area contributed by atoms with Crippen LogP contribution in [0.3, 0.4) is 0 Å². The fraction of sp³-hybridized carbons (Fsp3) is 0.789. The van der Waals surface area contributed by atoms with E-state index in [0.717, 1.165) is 0 Å². The zero-order valence-corrected chi connectivity index (χ0v) is 17.8. The van der Waals surface area contributed by atoms with Crippen LogP contribution in [0.4, 0.5) is 4.79 Å². The summed E-state index contributed by atoms with van der Waals surface area (Å²) in [6, 6.07) is -1.25. The van der Waals surface area contributed by atoms with Gasteiger partial charge in [0, 0.05) is 11.8 Å². The Morgan fingerprint density at radius 2 is 1.33 bits per heavy atom. The Bertz CT molecular complexity index is 562. The highest BCUT2D eigenvalue weighted by Gasteiger charge is 2.32. The molecule has 1 unspecified atom stereocenters. The zero-order valence-electron chi connectivity index (χ0n) is 17.8. The molecule has 0 heterocycles. The van der Waals surface area contributed by atoms with Gasteiger partial charge in [0.2, 0.25) is 6.79 Å². The van der Waals surface area contributed by atoms with Crippen LogP contribution in [0.25, 0.3) is 0 Å². The Labute approximate surface area is 161 Å². The highest BCUT2D eigenvalue weighted by molar-refractivity contribution is 5.91. The van der Waals surface area contributed by atoms with Gasteiger partial charge in [-0.2, -0.15) is 0 Å². The first kappa shape index (κ1) is 24.9. The van der Waals surface area contributed by atoms with Gasteiger partial charge in [-0.1, -0.05) is 20.8 Å². The summed E-state index contributed by atoms with van der Waals surface area (Å²) in [5.74, 6) is -1.68. The largest absolute Gasteiger partial charge is 0.444 e. The SMILES string of the molecule is CC(C)(C)OC(=O)NC(CC(=O)C(C)(C)C)C(=O)OCOC(=O)C(C)(C)C. The van der Waals surface area contributed by atoms with Crippen molar-refractivity contribution in [3.8, 4) is 0 Å². The first-order valence-electron chi connectivity index (χ1n) is 8.80. The number of nitrogens with one attached hydrogen (secondary N) is 1. The number of hydrogen-bond acceptors (Lipinski definition) is 7. The number of hydrogen-bond donors (Lipinski definition) is 1. The van der Waals surface area contributed by atoms with Crippen LogP contribution in [0, 0.1) is 10.8 Å². The fourth-order valence-corrected chi connectivity index (χ4v) is 1.59. The number of Topliss-reactive ketones (excluding diaryl/α,β-unsaturated/α-hetero) is 1. The zero-order chi connectivity index (χ0) is 21.6. The molecule has 27 heavy (non-hydrogen) atoms. The summed E-state index contributed by atoms with van der Waals surface area (Å²) in [5, 5.41) is 2.35. The molecule has 0 aromatic rings. The molecule has 1 amide bonds. The number of ketones is 1. The molecule has 1 N–H and O–H groups in total. The number of carbonyl (C=O) groups is 4. The fourth-order valence-electron chi connectivity index (χ4n) is 1.59. The Hall–Kier alpha value is -2.12. The molecule has 0 bridgehead atoms. The van der Waals surface area contributed by atoms with Crippen LogP contribution < -0.4 is 5.32 Å². The van der Waals surface area contributed by atoms with Gasteiger partial charge in [-0.05, 0) is 41.5 Å². The molecule has 0 rings (SSSR count). The third kappa shape index (κ3) is 10.6. The maximum absolute atomic E-state index is 12.3. The van der Waals surface area contributed by atoms with Gasteiger partial charge in [0.25, 0.3) is 0 Å². The summed E-state index contributed by atoms with van der Waals surface area (Å²) in [6.07, 6.45) is -1.12. The maximum Gasteiger partial charge on any atom is 0.408 e. The summed E-state index contributed by atoms with van der Waals surface area (Å²) in [5.41, 5.74) is -2.22. The molecular formula is C19H33NO7. The lowest BCUT2D eigenvalue weighted by molar-refractivity contribution is -0.174. The van der Waals surface area contributed by atoms with Crippen molar-refractivity contribution < 1.29 is 33.4 Å². The van der Waals surface area contributed by atoms with Gasteiger partial charge in [0.1, 0.15) is 17.4 Å². The molecule has 0 radical (unpaired) electrons. The molecule has 0 aromatic heterocycles. The quantitative estimate of drug-likeness (QED) is 0.551. The van der Waals surface area contributed by atoms with Gasteiger partial charge in [0.05, 0.1) is 5.41 Å². The van der Waals surface area contributed by atoms with Crippen molar-refractivity contribution in [1.82, 2.24) is 5.32 Å². The Kier molecular flexibility index (Phi) is 8.47. The Morgan fingerprint density at radius 1 is 0.815 bits per heavy atom. The monoisotopic (exact) mass is 387 g/mol. The number of carbonyl (C=O) groups excluding carboxylic acids is 4. The molecule has 0 aliphatic carbocycles. The van der Waals surface area contributed by atoms with Gasteiger partial charge in [-0.25, -0.2) is 9.59 Å². The van der Waals surface area contributed by atoms with Crippen molar-refractivity contribution >= 4 is 23.8 Å². The second-order valence-electron chi connectivity index (χ2n) is 9.34. The van der Waals surface area contributed by atoms with Crippen LogP contribution in [0.5, 0.6) is 0 Å². The predicted molar refractivity (Wildman–Crippen MR) is 98.7 cm³/mol. The second kappa shape index (κ2) is 9.19. The van der Waals surface area contributed by atoms with Gasteiger partial charge in [0.15, 0.2) is 0 Å². The lowest BCUT2D eigenvalue weighted by Gasteiger charge is -2.24. The predicted octanol–water partition coefficient (Wildman–Crippen LogP) is 2.98. The molecule has 0 spiro atoms. The van der Waals surface area contributed by atoms with E-state index in [1.807, 2.05) is 0 Å². The van der Waals surface area contributed by atoms with Crippen LogP contribution in [-0.2, 0) is 28.6 Å². The van der Waals surface area contributed by atoms with Gasteiger partial charge in [-0.15, -0.1) is 0 Å². The number of esters is 2. The van der Waals surface area contributed by atoms with Gasteiger partial charge >= 0.3 is 18.0 Å². The normalized spacial score (nSPS) is 13.4. The van der Waals surface area contributed by atoms with Crippen molar-refractivity contribution in [1.29, 1.82) is 0 Å². The van der Waals surface area contributed by atoms with E-state index in [2.05, 4.69) is 5.32 Å². The minimum absolute atomic E-state index is 0.243. The summed E-state index contributed by atoms with van der Waals surface area (Å²) in [7, 11) is 0. The van der Waals surface area contributed by atoms with Crippen molar-refractivity contribution in [2.45, 2.75) is 80.4 Å². The average Bonchev–Trinajstić information content (AvgIpc) is 2.41. The number of rotatable bonds is 6. The Balaban J connectivity index is 5.01. The van der Waals surface area contributed by atoms with E-state index >= 15 is 0 Å². The summed E-state index contributed by atoms with van der Waals surface area (Å²) in [6.45, 7) is 14.5. The number of alkyl carbamates (subject to hydrolysis) is 1. The van der Waals surface area contributed by atoms with Gasteiger partial charge < -0.3 is 19.5 Å². The first-order chi connectivity index (χ1) is 11.9. The molecule has 0 aliphatic heterocycles.